The fourth-order valence-corrected chi connectivity index (χ4v) is 1.72. The molecule has 0 aromatic heterocycles. The lowest BCUT2D eigenvalue weighted by Gasteiger charge is -2.08. The van der Waals surface area contributed by atoms with Crippen molar-refractivity contribution >= 4 is 11.6 Å². The lowest BCUT2D eigenvalue weighted by Crippen LogP contribution is -2.11. The summed E-state index contributed by atoms with van der Waals surface area (Å²) in [5.74, 6) is -0.0759. The molecule has 3 N–H and O–H groups in total. The van der Waals surface area contributed by atoms with Crippen LogP contribution in [0.3, 0.4) is 0 Å². The van der Waals surface area contributed by atoms with Crippen LogP contribution in [0.15, 0.2) is 36.4 Å². The second kappa shape index (κ2) is 5.52. The number of aryl methyl sites for hydroxylation is 1. The first-order valence-corrected chi connectivity index (χ1v) is 5.99. The Hall–Kier alpha value is -2.69. The fourth-order valence-electron chi connectivity index (χ4n) is 1.72. The number of carbonyl (C=O) groups excluding carboxylic acids is 1. The number of ether oxygens (including phenoxy) is 1. The number of phenolic OH excluding ortho intramolecular Hbond substituents is 2. The summed E-state index contributed by atoms with van der Waals surface area (Å²) in [5, 5.41) is 21.9. The van der Waals surface area contributed by atoms with E-state index in [1.807, 2.05) is 0 Å². The van der Waals surface area contributed by atoms with Gasteiger partial charge in [-0.25, -0.2) is 0 Å². The van der Waals surface area contributed by atoms with Gasteiger partial charge in [0.15, 0.2) is 11.5 Å². The average molecular weight is 273 g/mol. The van der Waals surface area contributed by atoms with E-state index in [1.165, 1.54) is 25.3 Å². The zero-order valence-electron chi connectivity index (χ0n) is 11.2. The number of carbonyl (C=O) groups is 1. The lowest BCUT2D eigenvalue weighted by molar-refractivity contribution is 0.102. The topological polar surface area (TPSA) is 78.8 Å². The molecule has 0 saturated carbocycles. The van der Waals surface area contributed by atoms with Crippen LogP contribution in [0, 0.1) is 6.92 Å². The van der Waals surface area contributed by atoms with Gasteiger partial charge in [-0.1, -0.05) is 6.07 Å². The molecule has 5 heteroatoms. The van der Waals surface area contributed by atoms with E-state index in [9.17, 15) is 15.0 Å². The van der Waals surface area contributed by atoms with Gasteiger partial charge in [-0.3, -0.25) is 4.79 Å². The number of anilines is 1. The largest absolute Gasteiger partial charge is 0.508 e. The second-order valence-electron chi connectivity index (χ2n) is 4.34. The average Bonchev–Trinajstić information content (AvgIpc) is 2.42. The first-order chi connectivity index (χ1) is 9.51. The second-order valence-corrected chi connectivity index (χ2v) is 4.34. The molecular weight excluding hydrogens is 258 g/mol. The molecule has 5 nitrogen and oxygen atoms in total. The van der Waals surface area contributed by atoms with Crippen LogP contribution in [0.2, 0.25) is 0 Å². The van der Waals surface area contributed by atoms with Crippen molar-refractivity contribution in [1.29, 1.82) is 0 Å². The molecule has 0 aliphatic heterocycles. The summed E-state index contributed by atoms with van der Waals surface area (Å²) < 4.78 is 4.91. The Morgan fingerprint density at radius 2 is 1.85 bits per heavy atom. The number of aromatic hydroxyl groups is 2. The minimum atomic E-state index is -0.383. The molecule has 0 spiro atoms. The van der Waals surface area contributed by atoms with Gasteiger partial charge in [0, 0.05) is 17.3 Å². The fraction of sp³-hybridized carbons (Fsp3) is 0.133. The molecule has 2 aromatic rings. The standard InChI is InChI=1S/C15H15NO4/c1-9-3-5-11(8-12(9)17)16-15(19)10-4-6-14(20-2)13(18)7-10/h3-8,17-18H,1-2H3,(H,16,19). The molecule has 0 atom stereocenters. The number of rotatable bonds is 3. The Bertz CT molecular complexity index is 652. The highest BCUT2D eigenvalue weighted by molar-refractivity contribution is 6.04. The molecule has 2 rings (SSSR count). The van der Waals surface area contributed by atoms with Gasteiger partial charge < -0.3 is 20.3 Å². The molecule has 0 heterocycles. The smallest absolute Gasteiger partial charge is 0.255 e. The third-order valence-corrected chi connectivity index (χ3v) is 2.91. The Balaban J connectivity index is 2.19. The molecule has 0 bridgehead atoms. The Morgan fingerprint density at radius 1 is 1.10 bits per heavy atom. The number of phenols is 2. The zero-order valence-corrected chi connectivity index (χ0v) is 11.2. The Morgan fingerprint density at radius 3 is 2.45 bits per heavy atom. The molecule has 0 radical (unpaired) electrons. The predicted molar refractivity (Wildman–Crippen MR) is 75.5 cm³/mol. The van der Waals surface area contributed by atoms with Gasteiger partial charge in [-0.2, -0.15) is 0 Å². The van der Waals surface area contributed by atoms with Gasteiger partial charge in [0.25, 0.3) is 5.91 Å². The lowest BCUT2D eigenvalue weighted by atomic mass is 10.1. The van der Waals surface area contributed by atoms with E-state index in [2.05, 4.69) is 5.32 Å². The number of hydrogen-bond acceptors (Lipinski definition) is 4. The number of hydrogen-bond donors (Lipinski definition) is 3. The van der Waals surface area contributed by atoms with Crippen molar-refractivity contribution in [3.8, 4) is 17.2 Å². The molecule has 0 fully saturated rings. The van der Waals surface area contributed by atoms with E-state index < -0.39 is 0 Å². The molecule has 0 aliphatic carbocycles. The summed E-state index contributed by atoms with van der Waals surface area (Å²) in [6.07, 6.45) is 0. The SMILES string of the molecule is COc1ccc(C(=O)Nc2ccc(C)c(O)c2)cc1O. The van der Waals surface area contributed by atoms with E-state index >= 15 is 0 Å². The number of nitrogens with one attached hydrogen (secondary N) is 1. The van der Waals surface area contributed by atoms with Crippen LogP contribution in [-0.2, 0) is 0 Å². The molecule has 2 aromatic carbocycles. The number of benzene rings is 2. The monoisotopic (exact) mass is 273 g/mol. The van der Waals surface area contributed by atoms with Crippen molar-refractivity contribution in [1.82, 2.24) is 0 Å². The molecule has 0 saturated heterocycles. The van der Waals surface area contributed by atoms with Crippen LogP contribution < -0.4 is 10.1 Å². The molecule has 1 amide bonds. The van der Waals surface area contributed by atoms with Crippen LogP contribution in [-0.4, -0.2) is 23.2 Å². The summed E-state index contributed by atoms with van der Waals surface area (Å²) in [6.45, 7) is 1.77. The molecule has 0 unspecified atom stereocenters. The maximum atomic E-state index is 12.0. The van der Waals surface area contributed by atoms with Gasteiger partial charge >= 0.3 is 0 Å². The number of amides is 1. The number of methoxy groups -OCH3 is 1. The summed E-state index contributed by atoms with van der Waals surface area (Å²) in [6, 6.07) is 9.24. The van der Waals surface area contributed by atoms with Gasteiger partial charge in [0.05, 0.1) is 7.11 Å². The highest BCUT2D eigenvalue weighted by Crippen LogP contribution is 2.27. The van der Waals surface area contributed by atoms with Gasteiger partial charge in [-0.15, -0.1) is 0 Å². The van der Waals surface area contributed by atoms with Crippen molar-refractivity contribution in [2.75, 3.05) is 12.4 Å². The first kappa shape index (κ1) is 13.7. The Kier molecular flexibility index (Phi) is 3.79. The van der Waals surface area contributed by atoms with Gasteiger partial charge in [0.2, 0.25) is 0 Å². The minimum Gasteiger partial charge on any atom is -0.508 e. The molecule has 0 aliphatic rings. The third-order valence-electron chi connectivity index (χ3n) is 2.91. The Labute approximate surface area is 116 Å². The van der Waals surface area contributed by atoms with Crippen LogP contribution in [0.1, 0.15) is 15.9 Å². The molecule has 104 valence electrons. The highest BCUT2D eigenvalue weighted by Gasteiger charge is 2.10. The predicted octanol–water partition coefficient (Wildman–Crippen LogP) is 2.67. The maximum Gasteiger partial charge on any atom is 0.255 e. The maximum absolute atomic E-state index is 12.0. The van der Waals surface area contributed by atoms with Gasteiger partial charge in [0.1, 0.15) is 5.75 Å². The first-order valence-electron chi connectivity index (χ1n) is 5.99. The minimum absolute atomic E-state index is 0.105. The quantitative estimate of drug-likeness (QED) is 0.803. The van der Waals surface area contributed by atoms with E-state index in [1.54, 1.807) is 25.1 Å². The van der Waals surface area contributed by atoms with Crippen LogP contribution >= 0.6 is 0 Å². The van der Waals surface area contributed by atoms with Gasteiger partial charge in [-0.05, 0) is 36.8 Å². The van der Waals surface area contributed by atoms with Crippen molar-refractivity contribution in [3.05, 3.63) is 47.5 Å². The van der Waals surface area contributed by atoms with Crippen LogP contribution in [0.5, 0.6) is 17.2 Å². The van der Waals surface area contributed by atoms with E-state index in [4.69, 9.17) is 4.74 Å². The summed E-state index contributed by atoms with van der Waals surface area (Å²) in [4.78, 5) is 12.0. The van der Waals surface area contributed by atoms with Crippen molar-refractivity contribution in [2.45, 2.75) is 6.92 Å². The normalized spacial score (nSPS) is 10.1. The molecular formula is C15H15NO4. The summed E-state index contributed by atoms with van der Waals surface area (Å²) in [5.41, 5.74) is 1.50. The van der Waals surface area contributed by atoms with Crippen molar-refractivity contribution in [2.24, 2.45) is 0 Å². The zero-order chi connectivity index (χ0) is 14.7. The van der Waals surface area contributed by atoms with Crippen molar-refractivity contribution < 1.29 is 19.7 Å². The molecule has 20 heavy (non-hydrogen) atoms. The van der Waals surface area contributed by atoms with Crippen molar-refractivity contribution in [3.63, 3.8) is 0 Å². The van der Waals surface area contributed by atoms with E-state index in [0.717, 1.165) is 5.56 Å². The summed E-state index contributed by atoms with van der Waals surface area (Å²) in [7, 11) is 1.43. The highest BCUT2D eigenvalue weighted by atomic mass is 16.5. The third kappa shape index (κ3) is 2.83. The summed E-state index contributed by atoms with van der Waals surface area (Å²) >= 11 is 0. The van der Waals surface area contributed by atoms with E-state index in [-0.39, 0.29) is 17.4 Å². The van der Waals surface area contributed by atoms with E-state index in [0.29, 0.717) is 17.0 Å². The van der Waals surface area contributed by atoms with Crippen LogP contribution in [0.25, 0.3) is 0 Å². The van der Waals surface area contributed by atoms with Crippen LogP contribution in [0.4, 0.5) is 5.69 Å².